The van der Waals surface area contributed by atoms with Gasteiger partial charge in [0.15, 0.2) is 16.1 Å². The van der Waals surface area contributed by atoms with E-state index >= 15 is 0 Å². The van der Waals surface area contributed by atoms with Crippen LogP contribution in [-0.2, 0) is 6.42 Å². The van der Waals surface area contributed by atoms with E-state index < -0.39 is 0 Å². The highest BCUT2D eigenvalue weighted by atomic mass is 35.5. The maximum Gasteiger partial charge on any atom is 0.189 e. The molecule has 5 heteroatoms. The van der Waals surface area contributed by atoms with E-state index in [2.05, 4.69) is 16.9 Å². The molecule has 1 aromatic rings. The van der Waals surface area contributed by atoms with Gasteiger partial charge in [-0.25, -0.2) is 9.97 Å². The second-order valence-electron chi connectivity index (χ2n) is 2.96. The fourth-order valence-corrected chi connectivity index (χ4v) is 2.25. The Morgan fingerprint density at radius 3 is 3.14 bits per heavy atom. The molecule has 1 aliphatic rings. The molecule has 0 fully saturated rings. The van der Waals surface area contributed by atoms with Crippen molar-refractivity contribution in [3.05, 3.63) is 10.8 Å². The fraction of sp³-hybridized carbons (Fsp3) is 0.556. The van der Waals surface area contributed by atoms with Gasteiger partial charge in [0.25, 0.3) is 0 Å². The van der Waals surface area contributed by atoms with E-state index in [1.165, 1.54) is 0 Å². The number of nitrogens with zero attached hydrogens (tertiary/aromatic N) is 2. The Balaban J connectivity index is 2.36. The first kappa shape index (κ1) is 10.1. The molecule has 0 spiro atoms. The van der Waals surface area contributed by atoms with E-state index in [0.29, 0.717) is 10.9 Å². The van der Waals surface area contributed by atoms with Crippen LogP contribution in [0.5, 0.6) is 5.75 Å². The van der Waals surface area contributed by atoms with E-state index in [-0.39, 0.29) is 0 Å². The third-order valence-corrected chi connectivity index (χ3v) is 2.94. The van der Waals surface area contributed by atoms with Crippen molar-refractivity contribution in [3.8, 4) is 5.75 Å². The van der Waals surface area contributed by atoms with Crippen molar-refractivity contribution in [2.75, 3.05) is 12.4 Å². The molecule has 1 aromatic heterocycles. The molecule has 0 bridgehead atoms. The number of ether oxygens (including phenoxy) is 1. The number of rotatable bonds is 2. The van der Waals surface area contributed by atoms with Crippen molar-refractivity contribution < 1.29 is 4.74 Å². The lowest BCUT2D eigenvalue weighted by atomic mass is 10.2. The third kappa shape index (κ3) is 1.96. The second-order valence-corrected chi connectivity index (χ2v) is 4.55. The van der Waals surface area contributed by atoms with Crippen LogP contribution in [0.2, 0.25) is 5.15 Å². The van der Waals surface area contributed by atoms with Crippen molar-refractivity contribution in [1.82, 2.24) is 9.97 Å². The molecule has 0 amide bonds. The molecule has 14 heavy (non-hydrogen) atoms. The van der Waals surface area contributed by atoms with E-state index in [1.54, 1.807) is 11.8 Å². The van der Waals surface area contributed by atoms with Crippen LogP contribution in [0.3, 0.4) is 0 Å². The Kier molecular flexibility index (Phi) is 3.13. The van der Waals surface area contributed by atoms with Crippen LogP contribution in [0.4, 0.5) is 0 Å². The van der Waals surface area contributed by atoms with Crippen LogP contribution in [0, 0.1) is 0 Å². The number of halogens is 1. The summed E-state index contributed by atoms with van der Waals surface area (Å²) < 4.78 is 5.42. The first-order valence-electron chi connectivity index (χ1n) is 4.63. The lowest BCUT2D eigenvalue weighted by Crippen LogP contribution is -2.12. The van der Waals surface area contributed by atoms with Gasteiger partial charge < -0.3 is 4.74 Å². The highest BCUT2D eigenvalue weighted by Crippen LogP contribution is 2.31. The number of aromatic nitrogens is 2. The third-order valence-electron chi connectivity index (χ3n) is 1.95. The molecular formula is C9H11ClN2OS. The molecule has 0 aliphatic carbocycles. The molecule has 2 heterocycles. The molecular weight excluding hydrogens is 220 g/mol. The fourth-order valence-electron chi connectivity index (χ4n) is 1.36. The minimum Gasteiger partial charge on any atom is -0.488 e. The van der Waals surface area contributed by atoms with Crippen molar-refractivity contribution in [3.63, 3.8) is 0 Å². The van der Waals surface area contributed by atoms with Gasteiger partial charge in [0, 0.05) is 0 Å². The summed E-state index contributed by atoms with van der Waals surface area (Å²) >= 11 is 7.59. The smallest absolute Gasteiger partial charge is 0.189 e. The largest absolute Gasteiger partial charge is 0.488 e. The maximum atomic E-state index is 5.99. The Morgan fingerprint density at radius 2 is 2.36 bits per heavy atom. The summed E-state index contributed by atoms with van der Waals surface area (Å²) in [7, 11) is 0. The van der Waals surface area contributed by atoms with Crippen molar-refractivity contribution >= 4 is 23.4 Å². The zero-order valence-corrected chi connectivity index (χ0v) is 9.49. The summed E-state index contributed by atoms with van der Waals surface area (Å²) in [5.74, 6) is 1.63. The Labute approximate surface area is 92.2 Å². The highest BCUT2D eigenvalue weighted by Gasteiger charge is 2.17. The monoisotopic (exact) mass is 230 g/mol. The first-order valence-corrected chi connectivity index (χ1v) is 5.99. The molecule has 1 aliphatic heterocycles. The van der Waals surface area contributed by atoms with Crippen LogP contribution in [0.1, 0.15) is 19.0 Å². The Hall–Kier alpha value is -0.480. The maximum absolute atomic E-state index is 5.99. The predicted molar refractivity (Wildman–Crippen MR) is 57.3 cm³/mol. The summed E-state index contributed by atoms with van der Waals surface area (Å²) in [6, 6.07) is 0. The van der Waals surface area contributed by atoms with Gasteiger partial charge in [-0.3, -0.25) is 0 Å². The summed E-state index contributed by atoms with van der Waals surface area (Å²) in [5.41, 5.74) is 0.951. The van der Waals surface area contributed by atoms with Gasteiger partial charge in [-0.2, -0.15) is 0 Å². The van der Waals surface area contributed by atoms with Crippen molar-refractivity contribution in [2.45, 2.75) is 24.9 Å². The van der Waals surface area contributed by atoms with E-state index in [4.69, 9.17) is 16.3 Å². The summed E-state index contributed by atoms with van der Waals surface area (Å²) in [6.45, 7) is 2.79. The number of aryl methyl sites for hydroxylation is 1. The van der Waals surface area contributed by atoms with Gasteiger partial charge in [-0.15, -0.1) is 0 Å². The van der Waals surface area contributed by atoms with Gasteiger partial charge >= 0.3 is 0 Å². The Bertz CT molecular complexity index is 346. The summed E-state index contributed by atoms with van der Waals surface area (Å²) in [6.07, 6.45) is 1.95. The van der Waals surface area contributed by atoms with Gasteiger partial charge in [0.1, 0.15) is 0 Å². The molecule has 0 saturated heterocycles. The molecule has 0 radical (unpaired) electrons. The minimum atomic E-state index is 0.450. The van der Waals surface area contributed by atoms with Gasteiger partial charge in [0.2, 0.25) is 0 Å². The molecule has 0 aromatic carbocycles. The van der Waals surface area contributed by atoms with Crippen LogP contribution in [0.25, 0.3) is 0 Å². The number of hydrogen-bond donors (Lipinski definition) is 0. The normalized spacial score (nSPS) is 14.7. The number of hydrogen-bond acceptors (Lipinski definition) is 4. The van der Waals surface area contributed by atoms with Crippen LogP contribution < -0.4 is 4.74 Å². The summed E-state index contributed by atoms with van der Waals surface area (Å²) in [4.78, 5) is 8.57. The second kappa shape index (κ2) is 4.36. The van der Waals surface area contributed by atoms with Crippen LogP contribution >= 0.6 is 23.4 Å². The quantitative estimate of drug-likeness (QED) is 0.444. The van der Waals surface area contributed by atoms with Crippen LogP contribution in [0.15, 0.2) is 5.16 Å². The number of thioether (sulfide) groups is 1. The van der Waals surface area contributed by atoms with E-state index in [0.717, 1.165) is 36.1 Å². The van der Waals surface area contributed by atoms with Gasteiger partial charge in [0.05, 0.1) is 12.3 Å². The van der Waals surface area contributed by atoms with E-state index in [9.17, 15) is 0 Å². The van der Waals surface area contributed by atoms with Crippen molar-refractivity contribution in [1.29, 1.82) is 0 Å². The van der Waals surface area contributed by atoms with Crippen LogP contribution in [-0.4, -0.2) is 22.3 Å². The average Bonchev–Trinajstić information content (AvgIpc) is 2.18. The average molecular weight is 231 g/mol. The minimum absolute atomic E-state index is 0.450. The molecule has 0 unspecified atom stereocenters. The Morgan fingerprint density at radius 1 is 1.50 bits per heavy atom. The molecule has 0 saturated carbocycles. The van der Waals surface area contributed by atoms with E-state index in [1.807, 2.05) is 0 Å². The first-order chi connectivity index (χ1) is 6.81. The standard InChI is InChI=1S/C9H11ClN2OS/c1-2-14-9-11-6-4-3-5-13-7(6)8(10)12-9/h2-5H2,1H3. The summed E-state index contributed by atoms with van der Waals surface area (Å²) in [5, 5.41) is 1.20. The lowest BCUT2D eigenvalue weighted by Gasteiger charge is -2.17. The molecule has 0 atom stereocenters. The zero-order valence-electron chi connectivity index (χ0n) is 7.92. The number of fused-ring (bicyclic) bond motifs is 1. The topological polar surface area (TPSA) is 35.0 Å². The predicted octanol–water partition coefficient (Wildman–Crippen LogP) is 2.57. The van der Waals surface area contributed by atoms with Gasteiger partial charge in [-0.05, 0) is 18.6 Å². The zero-order chi connectivity index (χ0) is 9.97. The van der Waals surface area contributed by atoms with Crippen molar-refractivity contribution in [2.24, 2.45) is 0 Å². The lowest BCUT2D eigenvalue weighted by molar-refractivity contribution is 0.282. The molecule has 3 nitrogen and oxygen atoms in total. The molecule has 2 rings (SSSR count). The SMILES string of the molecule is CCSc1nc(Cl)c2c(n1)CCCO2. The molecule has 76 valence electrons. The van der Waals surface area contributed by atoms with Gasteiger partial charge in [-0.1, -0.05) is 30.3 Å². The highest BCUT2D eigenvalue weighted by molar-refractivity contribution is 7.99. The molecule has 0 N–H and O–H groups in total.